The van der Waals surface area contributed by atoms with Crippen LogP contribution in [0, 0.1) is 0 Å². The van der Waals surface area contributed by atoms with Crippen LogP contribution in [0.3, 0.4) is 0 Å². The number of hydrogen-bond acceptors (Lipinski definition) is 3. The molecule has 0 fully saturated rings. The van der Waals surface area contributed by atoms with Crippen molar-refractivity contribution in [3.63, 3.8) is 0 Å². The lowest BCUT2D eigenvalue weighted by atomic mass is 10.4. The van der Waals surface area contributed by atoms with Crippen LogP contribution in [0.4, 0.5) is 0 Å². The predicted octanol–water partition coefficient (Wildman–Crippen LogP) is 1.81. The second-order valence-electron chi connectivity index (χ2n) is 4.22. The molecule has 0 saturated heterocycles. The molecule has 0 aliphatic heterocycles. The SMILES string of the molecule is C=CC(=O)N(C)CC(OC(C)C)OC(C)C. The van der Waals surface area contributed by atoms with E-state index in [4.69, 9.17) is 9.47 Å². The van der Waals surface area contributed by atoms with E-state index in [9.17, 15) is 4.79 Å². The maximum absolute atomic E-state index is 11.3. The number of nitrogens with zero attached hydrogens (tertiary/aromatic N) is 1. The van der Waals surface area contributed by atoms with E-state index in [-0.39, 0.29) is 18.1 Å². The Hall–Kier alpha value is -0.870. The molecule has 0 aliphatic rings. The Morgan fingerprint density at radius 2 is 1.69 bits per heavy atom. The van der Waals surface area contributed by atoms with E-state index in [1.165, 1.54) is 11.0 Å². The molecule has 0 aromatic heterocycles. The van der Waals surface area contributed by atoms with E-state index >= 15 is 0 Å². The van der Waals surface area contributed by atoms with Crippen molar-refractivity contribution < 1.29 is 14.3 Å². The fourth-order valence-electron chi connectivity index (χ4n) is 1.19. The summed E-state index contributed by atoms with van der Waals surface area (Å²) in [5, 5.41) is 0. The third-order valence-electron chi connectivity index (χ3n) is 1.82. The molecule has 4 nitrogen and oxygen atoms in total. The summed E-state index contributed by atoms with van der Waals surface area (Å²) in [5.41, 5.74) is 0. The van der Waals surface area contributed by atoms with Crippen LogP contribution in [-0.2, 0) is 14.3 Å². The number of carbonyl (C=O) groups is 1. The number of amides is 1. The monoisotopic (exact) mass is 229 g/mol. The molecule has 0 spiro atoms. The molecule has 0 heterocycles. The molecule has 0 bridgehead atoms. The zero-order chi connectivity index (χ0) is 12.7. The maximum atomic E-state index is 11.3. The second-order valence-corrected chi connectivity index (χ2v) is 4.22. The average molecular weight is 229 g/mol. The van der Waals surface area contributed by atoms with Crippen LogP contribution in [0.1, 0.15) is 27.7 Å². The van der Waals surface area contributed by atoms with Gasteiger partial charge in [-0.15, -0.1) is 0 Å². The van der Waals surface area contributed by atoms with E-state index in [0.717, 1.165) is 0 Å². The molecule has 1 amide bonds. The number of rotatable bonds is 7. The summed E-state index contributed by atoms with van der Waals surface area (Å²) in [7, 11) is 1.70. The van der Waals surface area contributed by atoms with Crippen LogP contribution in [-0.4, -0.2) is 42.9 Å². The van der Waals surface area contributed by atoms with Gasteiger partial charge in [-0.3, -0.25) is 4.79 Å². The van der Waals surface area contributed by atoms with Gasteiger partial charge in [-0.05, 0) is 33.8 Å². The first-order valence-corrected chi connectivity index (χ1v) is 5.55. The van der Waals surface area contributed by atoms with Crippen molar-refractivity contribution in [1.82, 2.24) is 4.90 Å². The highest BCUT2D eigenvalue weighted by Crippen LogP contribution is 2.06. The first-order chi connectivity index (χ1) is 7.36. The lowest BCUT2D eigenvalue weighted by Crippen LogP contribution is -2.38. The van der Waals surface area contributed by atoms with Crippen molar-refractivity contribution in [2.75, 3.05) is 13.6 Å². The highest BCUT2D eigenvalue weighted by atomic mass is 16.7. The van der Waals surface area contributed by atoms with E-state index in [2.05, 4.69) is 6.58 Å². The molecule has 0 rings (SSSR count). The van der Waals surface area contributed by atoms with Crippen LogP contribution in [0.15, 0.2) is 12.7 Å². The molecule has 4 heteroatoms. The van der Waals surface area contributed by atoms with E-state index in [1.807, 2.05) is 27.7 Å². The van der Waals surface area contributed by atoms with Crippen LogP contribution in [0.5, 0.6) is 0 Å². The molecule has 0 unspecified atom stereocenters. The van der Waals surface area contributed by atoms with Gasteiger partial charge in [0.25, 0.3) is 0 Å². The van der Waals surface area contributed by atoms with Gasteiger partial charge in [-0.1, -0.05) is 6.58 Å². The Kier molecular flexibility index (Phi) is 7.01. The zero-order valence-corrected chi connectivity index (χ0v) is 10.9. The summed E-state index contributed by atoms with van der Waals surface area (Å²) in [6, 6.07) is 0. The van der Waals surface area contributed by atoms with Gasteiger partial charge in [0, 0.05) is 7.05 Å². The fraction of sp³-hybridized carbons (Fsp3) is 0.750. The summed E-state index contributed by atoms with van der Waals surface area (Å²) in [5.74, 6) is -0.135. The lowest BCUT2D eigenvalue weighted by molar-refractivity contribution is -0.188. The van der Waals surface area contributed by atoms with Crippen LogP contribution in [0.2, 0.25) is 0 Å². The molecular weight excluding hydrogens is 206 g/mol. The summed E-state index contributed by atoms with van der Waals surface area (Å²) in [6.45, 7) is 11.6. The van der Waals surface area contributed by atoms with Gasteiger partial charge in [-0.25, -0.2) is 0 Å². The van der Waals surface area contributed by atoms with Crippen molar-refractivity contribution in [2.45, 2.75) is 46.2 Å². The lowest BCUT2D eigenvalue weighted by Gasteiger charge is -2.26. The number of hydrogen-bond donors (Lipinski definition) is 0. The quantitative estimate of drug-likeness (QED) is 0.493. The Labute approximate surface area is 98.2 Å². The van der Waals surface area contributed by atoms with Crippen molar-refractivity contribution >= 4 is 5.91 Å². The minimum Gasteiger partial charge on any atom is -0.348 e. The second kappa shape index (κ2) is 7.41. The molecule has 0 aromatic rings. The highest BCUT2D eigenvalue weighted by Gasteiger charge is 2.17. The summed E-state index contributed by atoms with van der Waals surface area (Å²) >= 11 is 0. The molecule has 0 N–H and O–H groups in total. The van der Waals surface area contributed by atoms with Crippen molar-refractivity contribution in [3.8, 4) is 0 Å². The van der Waals surface area contributed by atoms with E-state index in [1.54, 1.807) is 7.05 Å². The third kappa shape index (κ3) is 6.58. The van der Waals surface area contributed by atoms with E-state index in [0.29, 0.717) is 6.54 Å². The molecule has 0 atom stereocenters. The molecular formula is C12H23NO3. The van der Waals surface area contributed by atoms with Gasteiger partial charge < -0.3 is 14.4 Å². The Bertz CT molecular complexity index is 216. The predicted molar refractivity (Wildman–Crippen MR) is 64.1 cm³/mol. The number of likely N-dealkylation sites (N-methyl/N-ethyl adjacent to an activating group) is 1. The standard InChI is InChI=1S/C12H23NO3/c1-7-11(14)13(6)8-12(15-9(2)3)16-10(4)5/h7,9-10,12H,1,8H2,2-6H3. The summed E-state index contributed by atoms with van der Waals surface area (Å²) in [6.07, 6.45) is 1.02. The zero-order valence-electron chi connectivity index (χ0n) is 10.9. The van der Waals surface area contributed by atoms with Gasteiger partial charge in [-0.2, -0.15) is 0 Å². The molecule has 0 saturated carbocycles. The number of ether oxygens (including phenoxy) is 2. The van der Waals surface area contributed by atoms with Crippen LogP contribution in [0.25, 0.3) is 0 Å². The topological polar surface area (TPSA) is 38.8 Å². The Morgan fingerprint density at radius 3 is 2.00 bits per heavy atom. The molecule has 16 heavy (non-hydrogen) atoms. The van der Waals surface area contributed by atoms with Crippen molar-refractivity contribution in [2.24, 2.45) is 0 Å². The third-order valence-corrected chi connectivity index (χ3v) is 1.82. The first kappa shape index (κ1) is 15.1. The minimum atomic E-state index is -0.395. The summed E-state index contributed by atoms with van der Waals surface area (Å²) in [4.78, 5) is 12.8. The Morgan fingerprint density at radius 1 is 1.25 bits per heavy atom. The van der Waals surface area contributed by atoms with Gasteiger partial charge in [0.2, 0.25) is 5.91 Å². The van der Waals surface area contributed by atoms with Crippen molar-refractivity contribution in [3.05, 3.63) is 12.7 Å². The van der Waals surface area contributed by atoms with Gasteiger partial charge in [0.05, 0.1) is 18.8 Å². The van der Waals surface area contributed by atoms with E-state index < -0.39 is 6.29 Å². The van der Waals surface area contributed by atoms with Crippen LogP contribution >= 0.6 is 0 Å². The highest BCUT2D eigenvalue weighted by molar-refractivity contribution is 5.86. The van der Waals surface area contributed by atoms with Gasteiger partial charge in [0.15, 0.2) is 6.29 Å². The fourth-order valence-corrected chi connectivity index (χ4v) is 1.19. The number of carbonyl (C=O) groups excluding carboxylic acids is 1. The minimum absolute atomic E-state index is 0.0657. The average Bonchev–Trinajstić information content (AvgIpc) is 2.14. The Balaban J connectivity index is 4.29. The molecule has 0 aliphatic carbocycles. The van der Waals surface area contributed by atoms with Gasteiger partial charge in [0.1, 0.15) is 0 Å². The normalized spacial score (nSPS) is 11.2. The maximum Gasteiger partial charge on any atom is 0.245 e. The smallest absolute Gasteiger partial charge is 0.245 e. The molecule has 94 valence electrons. The molecule has 0 radical (unpaired) electrons. The van der Waals surface area contributed by atoms with Gasteiger partial charge >= 0.3 is 0 Å². The summed E-state index contributed by atoms with van der Waals surface area (Å²) < 4.78 is 11.2. The largest absolute Gasteiger partial charge is 0.348 e. The molecule has 0 aromatic carbocycles. The van der Waals surface area contributed by atoms with Crippen LogP contribution < -0.4 is 0 Å². The van der Waals surface area contributed by atoms with Crippen molar-refractivity contribution in [1.29, 1.82) is 0 Å². The first-order valence-electron chi connectivity index (χ1n) is 5.55.